The van der Waals surface area contributed by atoms with Gasteiger partial charge in [0, 0.05) is 19.6 Å². The Morgan fingerprint density at radius 1 is 1.58 bits per heavy atom. The Morgan fingerprint density at radius 3 is 2.75 bits per heavy atom. The third-order valence-corrected chi connectivity index (χ3v) is 3.04. The smallest absolute Gasteiger partial charge is 0.315 e. The second kappa shape index (κ2) is 4.00. The number of carbonyl (C=O) groups excluding carboxylic acids is 1. The Hall–Kier alpha value is -0.420. The molecule has 0 aromatic heterocycles. The molecule has 1 atom stereocenters. The van der Waals surface area contributed by atoms with Crippen molar-refractivity contribution < 1.29 is 4.79 Å². The first-order valence-corrected chi connectivity index (χ1v) is 5.21. The van der Waals surface area contributed by atoms with Gasteiger partial charge in [-0.05, 0) is 13.3 Å². The van der Waals surface area contributed by atoms with Crippen LogP contribution in [0.15, 0.2) is 0 Å². The first kappa shape index (κ1) is 9.67. The van der Waals surface area contributed by atoms with Crippen molar-refractivity contribution in [2.75, 3.05) is 32.9 Å². The molecule has 70 valence electrons. The number of thioether (sulfide) groups is 1. The van der Waals surface area contributed by atoms with E-state index in [9.17, 15) is 4.79 Å². The molecule has 12 heavy (non-hydrogen) atoms. The maximum Gasteiger partial charge on any atom is 0.315 e. The van der Waals surface area contributed by atoms with E-state index < -0.39 is 0 Å². The van der Waals surface area contributed by atoms with Crippen molar-refractivity contribution >= 4 is 17.8 Å². The van der Waals surface area contributed by atoms with Crippen molar-refractivity contribution in [3.8, 4) is 0 Å². The van der Waals surface area contributed by atoms with E-state index in [0.717, 1.165) is 19.6 Å². The van der Waals surface area contributed by atoms with Gasteiger partial charge in [-0.1, -0.05) is 0 Å². The number of hydrogen-bond acceptors (Lipinski definition) is 3. The van der Waals surface area contributed by atoms with E-state index in [1.54, 1.807) is 16.7 Å². The van der Waals surface area contributed by atoms with Gasteiger partial charge in [-0.3, -0.25) is 0 Å². The molecule has 0 spiro atoms. The maximum atomic E-state index is 10.9. The molecule has 0 aliphatic carbocycles. The van der Waals surface area contributed by atoms with E-state index in [0.29, 0.717) is 0 Å². The maximum absolute atomic E-state index is 10.9. The van der Waals surface area contributed by atoms with Gasteiger partial charge in [-0.15, -0.1) is 11.8 Å². The Labute approximate surface area is 77.1 Å². The topological polar surface area (TPSA) is 49.6 Å². The standard InChI is InChI=1S/C7H15N3OS/c1-9-3-4-10(7(8)11)6(5-9)12-2/h6H,3-5H2,1-2H3,(H2,8,11). The second-order valence-electron chi connectivity index (χ2n) is 2.98. The summed E-state index contributed by atoms with van der Waals surface area (Å²) in [5.74, 6) is 0. The number of carbonyl (C=O) groups is 1. The van der Waals surface area contributed by atoms with Crippen LogP contribution < -0.4 is 5.73 Å². The van der Waals surface area contributed by atoms with E-state index in [-0.39, 0.29) is 11.4 Å². The molecule has 0 bridgehead atoms. The number of nitrogens with two attached hydrogens (primary N) is 1. The van der Waals surface area contributed by atoms with Crippen LogP contribution in [0, 0.1) is 0 Å². The molecule has 1 saturated heterocycles. The summed E-state index contributed by atoms with van der Waals surface area (Å²) in [7, 11) is 2.06. The molecule has 0 aromatic carbocycles. The fourth-order valence-electron chi connectivity index (χ4n) is 1.33. The predicted molar refractivity (Wildman–Crippen MR) is 51.1 cm³/mol. The summed E-state index contributed by atoms with van der Waals surface area (Å²) >= 11 is 1.67. The summed E-state index contributed by atoms with van der Waals surface area (Å²) in [5.41, 5.74) is 5.23. The normalized spacial score (nSPS) is 25.8. The van der Waals surface area contributed by atoms with E-state index in [4.69, 9.17) is 5.73 Å². The number of likely N-dealkylation sites (N-methyl/N-ethyl adjacent to an activating group) is 1. The highest BCUT2D eigenvalue weighted by atomic mass is 32.2. The zero-order chi connectivity index (χ0) is 9.14. The highest BCUT2D eigenvalue weighted by Gasteiger charge is 2.26. The minimum atomic E-state index is -0.303. The lowest BCUT2D eigenvalue weighted by molar-refractivity contribution is 0.149. The van der Waals surface area contributed by atoms with Crippen LogP contribution in [0.4, 0.5) is 4.79 Å². The largest absolute Gasteiger partial charge is 0.351 e. The number of amides is 2. The first-order chi connectivity index (χ1) is 5.65. The van der Waals surface area contributed by atoms with Gasteiger partial charge < -0.3 is 15.5 Å². The monoisotopic (exact) mass is 189 g/mol. The lowest BCUT2D eigenvalue weighted by Gasteiger charge is -2.37. The number of piperazine rings is 1. The summed E-state index contributed by atoms with van der Waals surface area (Å²) in [6, 6.07) is -0.303. The third kappa shape index (κ3) is 2.04. The molecule has 1 fully saturated rings. The Morgan fingerprint density at radius 2 is 2.25 bits per heavy atom. The molecule has 1 aliphatic rings. The summed E-state index contributed by atoms with van der Waals surface area (Å²) in [5, 5.41) is 0.223. The molecule has 1 aliphatic heterocycles. The molecule has 5 heteroatoms. The van der Waals surface area contributed by atoms with Crippen molar-refractivity contribution in [3.05, 3.63) is 0 Å². The van der Waals surface area contributed by atoms with Gasteiger partial charge in [-0.2, -0.15) is 0 Å². The van der Waals surface area contributed by atoms with E-state index in [2.05, 4.69) is 11.9 Å². The Bertz CT molecular complexity index is 176. The van der Waals surface area contributed by atoms with Crippen LogP contribution in [0.2, 0.25) is 0 Å². The van der Waals surface area contributed by atoms with Gasteiger partial charge in [0.2, 0.25) is 0 Å². The van der Waals surface area contributed by atoms with Crippen LogP contribution in [-0.2, 0) is 0 Å². The minimum absolute atomic E-state index is 0.223. The minimum Gasteiger partial charge on any atom is -0.351 e. The van der Waals surface area contributed by atoms with Gasteiger partial charge in [0.15, 0.2) is 0 Å². The van der Waals surface area contributed by atoms with Crippen LogP contribution in [0.3, 0.4) is 0 Å². The molecule has 4 nitrogen and oxygen atoms in total. The van der Waals surface area contributed by atoms with Crippen molar-refractivity contribution in [2.24, 2.45) is 5.73 Å². The fraction of sp³-hybridized carbons (Fsp3) is 0.857. The highest BCUT2D eigenvalue weighted by Crippen LogP contribution is 2.16. The van der Waals surface area contributed by atoms with Gasteiger partial charge in [0.25, 0.3) is 0 Å². The Balaban J connectivity index is 2.56. The molecule has 1 heterocycles. The summed E-state index contributed by atoms with van der Waals surface area (Å²) < 4.78 is 0. The van der Waals surface area contributed by atoms with E-state index in [1.807, 2.05) is 6.26 Å². The van der Waals surface area contributed by atoms with Gasteiger partial charge in [0.1, 0.15) is 0 Å². The average Bonchev–Trinajstić information content (AvgIpc) is 2.03. The molecular weight excluding hydrogens is 174 g/mol. The number of urea groups is 1. The number of hydrogen-bond donors (Lipinski definition) is 1. The van der Waals surface area contributed by atoms with Gasteiger partial charge in [0.05, 0.1) is 5.37 Å². The fourth-order valence-corrected chi connectivity index (χ4v) is 2.20. The van der Waals surface area contributed by atoms with Gasteiger partial charge in [-0.25, -0.2) is 4.79 Å². The summed E-state index contributed by atoms with van der Waals surface area (Å²) in [6.45, 7) is 2.57. The van der Waals surface area contributed by atoms with Crippen molar-refractivity contribution in [1.29, 1.82) is 0 Å². The van der Waals surface area contributed by atoms with Gasteiger partial charge >= 0.3 is 6.03 Å². The molecule has 0 aromatic rings. The third-order valence-electron chi connectivity index (χ3n) is 2.09. The van der Waals surface area contributed by atoms with Crippen LogP contribution in [0.5, 0.6) is 0 Å². The van der Waals surface area contributed by atoms with Crippen LogP contribution in [0.1, 0.15) is 0 Å². The lowest BCUT2D eigenvalue weighted by Crippen LogP contribution is -2.54. The van der Waals surface area contributed by atoms with Crippen molar-refractivity contribution in [2.45, 2.75) is 5.37 Å². The molecule has 2 N–H and O–H groups in total. The first-order valence-electron chi connectivity index (χ1n) is 3.92. The zero-order valence-electron chi connectivity index (χ0n) is 7.49. The second-order valence-corrected chi connectivity index (χ2v) is 4.00. The number of nitrogens with zero attached hydrogens (tertiary/aromatic N) is 2. The predicted octanol–water partition coefficient (Wildman–Crippen LogP) is 0.00160. The highest BCUT2D eigenvalue weighted by molar-refractivity contribution is 7.99. The van der Waals surface area contributed by atoms with Crippen molar-refractivity contribution in [3.63, 3.8) is 0 Å². The van der Waals surface area contributed by atoms with Crippen molar-refractivity contribution in [1.82, 2.24) is 9.80 Å². The zero-order valence-corrected chi connectivity index (χ0v) is 8.30. The Kier molecular flexibility index (Phi) is 3.22. The van der Waals surface area contributed by atoms with Crippen LogP contribution in [-0.4, -0.2) is 54.1 Å². The molecule has 1 unspecified atom stereocenters. The van der Waals surface area contributed by atoms with Crippen LogP contribution >= 0.6 is 11.8 Å². The number of primary amides is 1. The van der Waals surface area contributed by atoms with E-state index in [1.165, 1.54) is 0 Å². The lowest BCUT2D eigenvalue weighted by atomic mass is 10.3. The molecule has 0 saturated carbocycles. The average molecular weight is 189 g/mol. The SMILES string of the molecule is CSC1CN(C)CCN1C(N)=O. The quantitative estimate of drug-likeness (QED) is 0.632. The molecular formula is C7H15N3OS. The summed E-state index contributed by atoms with van der Waals surface area (Å²) in [6.07, 6.45) is 2.00. The van der Waals surface area contributed by atoms with Crippen LogP contribution in [0.25, 0.3) is 0 Å². The molecule has 0 radical (unpaired) electrons. The molecule has 1 rings (SSSR count). The summed E-state index contributed by atoms with van der Waals surface area (Å²) in [4.78, 5) is 14.9. The molecule has 2 amide bonds. The van der Waals surface area contributed by atoms with E-state index >= 15 is 0 Å². The number of rotatable bonds is 1.